The predicted molar refractivity (Wildman–Crippen MR) is 79.3 cm³/mol. The van der Waals surface area contributed by atoms with Gasteiger partial charge in [-0.05, 0) is 25.9 Å². The molecule has 1 unspecified atom stereocenters. The lowest BCUT2D eigenvalue weighted by atomic mass is 10.2. The maximum absolute atomic E-state index is 12.1. The van der Waals surface area contributed by atoms with Crippen molar-refractivity contribution in [3.63, 3.8) is 0 Å². The van der Waals surface area contributed by atoms with Gasteiger partial charge < -0.3 is 15.3 Å². The second-order valence-electron chi connectivity index (χ2n) is 5.77. The number of aliphatic carboxylic acids is 1. The van der Waals surface area contributed by atoms with Gasteiger partial charge in [0.05, 0.1) is 6.54 Å². The minimum atomic E-state index is -0.811. The average molecular weight is 298 g/mol. The van der Waals surface area contributed by atoms with Crippen molar-refractivity contribution in [2.24, 2.45) is 0 Å². The molecule has 0 aromatic heterocycles. The predicted octanol–water partition coefficient (Wildman–Crippen LogP) is -0.117. The lowest BCUT2D eigenvalue weighted by Crippen LogP contribution is -2.53. The number of carbonyl (C=O) groups is 2. The van der Waals surface area contributed by atoms with E-state index in [9.17, 15) is 9.59 Å². The number of urea groups is 1. The molecule has 2 amide bonds. The monoisotopic (exact) mass is 298 g/mol. The summed E-state index contributed by atoms with van der Waals surface area (Å²) in [5.41, 5.74) is 0. The van der Waals surface area contributed by atoms with E-state index in [2.05, 4.69) is 17.1 Å². The number of hydrogen-bond acceptors (Lipinski definition) is 4. The molecule has 0 spiro atoms. The van der Waals surface area contributed by atoms with Crippen molar-refractivity contribution in [3.05, 3.63) is 0 Å². The van der Waals surface area contributed by atoms with Crippen LogP contribution in [0.5, 0.6) is 0 Å². The summed E-state index contributed by atoms with van der Waals surface area (Å²) in [5, 5.41) is 11.8. The third-order valence-electron chi connectivity index (χ3n) is 4.41. The highest BCUT2D eigenvalue weighted by Gasteiger charge is 2.25. The lowest BCUT2D eigenvalue weighted by Gasteiger charge is -2.34. The van der Waals surface area contributed by atoms with Crippen LogP contribution in [-0.4, -0.2) is 90.2 Å². The van der Waals surface area contributed by atoms with E-state index in [4.69, 9.17) is 5.11 Å². The quantitative estimate of drug-likeness (QED) is 0.740. The van der Waals surface area contributed by atoms with Crippen LogP contribution in [0.3, 0.4) is 0 Å². The molecule has 0 aromatic rings. The Hall–Kier alpha value is -1.34. The van der Waals surface area contributed by atoms with Crippen molar-refractivity contribution < 1.29 is 14.7 Å². The summed E-state index contributed by atoms with van der Waals surface area (Å²) in [5.74, 6) is -0.811. The van der Waals surface area contributed by atoms with Crippen LogP contribution >= 0.6 is 0 Å². The van der Waals surface area contributed by atoms with E-state index >= 15 is 0 Å². The van der Waals surface area contributed by atoms with Gasteiger partial charge in [0.25, 0.3) is 0 Å². The third-order valence-corrected chi connectivity index (χ3v) is 4.41. The van der Waals surface area contributed by atoms with Crippen LogP contribution in [0.2, 0.25) is 0 Å². The van der Waals surface area contributed by atoms with Gasteiger partial charge in [0, 0.05) is 38.8 Å². The number of nitrogens with one attached hydrogen (secondary N) is 1. The summed E-state index contributed by atoms with van der Waals surface area (Å²) in [6.07, 6.45) is 2.36. The zero-order chi connectivity index (χ0) is 15.2. The molecule has 2 heterocycles. The Kier molecular flexibility index (Phi) is 5.81. The lowest BCUT2D eigenvalue weighted by molar-refractivity contribution is -0.138. The molecule has 2 N–H and O–H groups in total. The van der Waals surface area contributed by atoms with Gasteiger partial charge in [-0.15, -0.1) is 0 Å². The molecule has 2 aliphatic heterocycles. The summed E-state index contributed by atoms with van der Waals surface area (Å²) in [6.45, 7) is 7.54. The van der Waals surface area contributed by atoms with Crippen LogP contribution in [0.25, 0.3) is 0 Å². The second kappa shape index (κ2) is 7.61. The van der Waals surface area contributed by atoms with E-state index in [0.29, 0.717) is 38.8 Å². The minimum Gasteiger partial charge on any atom is -0.480 e. The first kappa shape index (κ1) is 16.0. The SMILES string of the molecule is CCN1CCCC1CNC(=O)N1CCN(CC(=O)O)CC1. The van der Waals surface area contributed by atoms with Gasteiger partial charge in [-0.2, -0.15) is 0 Å². The molecule has 0 aromatic carbocycles. The van der Waals surface area contributed by atoms with E-state index < -0.39 is 5.97 Å². The number of nitrogens with zero attached hydrogens (tertiary/aromatic N) is 3. The number of carboxylic acids is 1. The van der Waals surface area contributed by atoms with Crippen molar-refractivity contribution >= 4 is 12.0 Å². The van der Waals surface area contributed by atoms with Crippen LogP contribution in [-0.2, 0) is 4.79 Å². The van der Waals surface area contributed by atoms with Crippen LogP contribution in [0.15, 0.2) is 0 Å². The van der Waals surface area contributed by atoms with Crippen molar-refractivity contribution in [1.82, 2.24) is 20.0 Å². The van der Waals surface area contributed by atoms with Crippen molar-refractivity contribution in [2.75, 3.05) is 52.4 Å². The molecule has 2 aliphatic rings. The highest BCUT2D eigenvalue weighted by atomic mass is 16.4. The fourth-order valence-corrected chi connectivity index (χ4v) is 3.16. The number of likely N-dealkylation sites (tertiary alicyclic amines) is 1. The number of carboxylic acid groups (broad SMARTS) is 1. The van der Waals surface area contributed by atoms with E-state index in [0.717, 1.165) is 19.5 Å². The van der Waals surface area contributed by atoms with Gasteiger partial charge in [-0.25, -0.2) is 4.79 Å². The molecule has 2 fully saturated rings. The van der Waals surface area contributed by atoms with Crippen LogP contribution < -0.4 is 5.32 Å². The number of carbonyl (C=O) groups excluding carboxylic acids is 1. The Bertz CT molecular complexity index is 369. The van der Waals surface area contributed by atoms with Gasteiger partial charge in [0.2, 0.25) is 0 Å². The molecular formula is C14H26N4O3. The summed E-state index contributed by atoms with van der Waals surface area (Å²) in [6, 6.07) is 0.445. The largest absolute Gasteiger partial charge is 0.480 e. The topological polar surface area (TPSA) is 76.1 Å². The number of rotatable bonds is 5. The normalized spacial score (nSPS) is 24.2. The molecule has 0 saturated carbocycles. The molecule has 21 heavy (non-hydrogen) atoms. The maximum atomic E-state index is 12.1. The second-order valence-corrected chi connectivity index (χ2v) is 5.77. The van der Waals surface area contributed by atoms with Crippen LogP contribution in [0.4, 0.5) is 4.79 Å². The smallest absolute Gasteiger partial charge is 0.317 e. The Morgan fingerprint density at radius 1 is 1.19 bits per heavy atom. The van der Waals surface area contributed by atoms with Crippen molar-refractivity contribution in [3.8, 4) is 0 Å². The van der Waals surface area contributed by atoms with E-state index in [1.807, 2.05) is 4.90 Å². The van der Waals surface area contributed by atoms with E-state index in [1.165, 1.54) is 6.42 Å². The number of likely N-dealkylation sites (N-methyl/N-ethyl adjacent to an activating group) is 1. The van der Waals surface area contributed by atoms with Gasteiger partial charge >= 0.3 is 12.0 Å². The van der Waals surface area contributed by atoms with Crippen molar-refractivity contribution in [1.29, 1.82) is 0 Å². The number of hydrogen-bond donors (Lipinski definition) is 2. The zero-order valence-electron chi connectivity index (χ0n) is 12.8. The summed E-state index contributed by atoms with van der Waals surface area (Å²) in [7, 11) is 0. The van der Waals surface area contributed by atoms with Gasteiger partial charge in [-0.3, -0.25) is 14.6 Å². The van der Waals surface area contributed by atoms with E-state index in [-0.39, 0.29) is 12.6 Å². The molecule has 7 heteroatoms. The Balaban J connectivity index is 1.69. The van der Waals surface area contributed by atoms with Crippen LogP contribution in [0.1, 0.15) is 19.8 Å². The highest BCUT2D eigenvalue weighted by Crippen LogP contribution is 2.15. The van der Waals surface area contributed by atoms with Gasteiger partial charge in [-0.1, -0.05) is 6.92 Å². The molecule has 2 rings (SSSR count). The zero-order valence-corrected chi connectivity index (χ0v) is 12.8. The number of amides is 2. The van der Waals surface area contributed by atoms with Crippen LogP contribution in [0, 0.1) is 0 Å². The highest BCUT2D eigenvalue weighted by molar-refractivity contribution is 5.74. The maximum Gasteiger partial charge on any atom is 0.317 e. The molecule has 7 nitrogen and oxygen atoms in total. The average Bonchev–Trinajstić information content (AvgIpc) is 2.92. The standard InChI is InChI=1S/C14H26N4O3/c1-2-17-5-3-4-12(17)10-15-14(21)18-8-6-16(7-9-18)11-13(19)20/h12H,2-11H2,1H3,(H,15,21)(H,19,20). The molecule has 2 saturated heterocycles. The molecule has 0 radical (unpaired) electrons. The first-order valence-electron chi connectivity index (χ1n) is 7.81. The molecule has 120 valence electrons. The molecular weight excluding hydrogens is 272 g/mol. The first-order chi connectivity index (χ1) is 10.1. The fraction of sp³-hybridized carbons (Fsp3) is 0.857. The van der Waals surface area contributed by atoms with Crippen molar-refractivity contribution in [2.45, 2.75) is 25.8 Å². The summed E-state index contributed by atoms with van der Waals surface area (Å²) < 4.78 is 0. The first-order valence-corrected chi connectivity index (χ1v) is 7.81. The van der Waals surface area contributed by atoms with Gasteiger partial charge in [0.15, 0.2) is 0 Å². The van der Waals surface area contributed by atoms with E-state index in [1.54, 1.807) is 4.90 Å². The fourth-order valence-electron chi connectivity index (χ4n) is 3.16. The minimum absolute atomic E-state index is 0.0204. The van der Waals surface area contributed by atoms with Gasteiger partial charge in [0.1, 0.15) is 0 Å². The molecule has 0 aliphatic carbocycles. The number of piperazine rings is 1. The molecule has 0 bridgehead atoms. The Morgan fingerprint density at radius 2 is 1.90 bits per heavy atom. The summed E-state index contributed by atoms with van der Waals surface area (Å²) >= 11 is 0. The summed E-state index contributed by atoms with van der Waals surface area (Å²) in [4.78, 5) is 28.8. The Labute approximate surface area is 125 Å². The third kappa shape index (κ3) is 4.57. The Morgan fingerprint density at radius 3 is 2.52 bits per heavy atom. The molecule has 1 atom stereocenters.